The molecule has 1 fully saturated rings. The van der Waals surface area contributed by atoms with Crippen molar-refractivity contribution in [2.75, 3.05) is 6.54 Å². The summed E-state index contributed by atoms with van der Waals surface area (Å²) < 4.78 is 26.9. The van der Waals surface area contributed by atoms with Gasteiger partial charge >= 0.3 is 0 Å². The van der Waals surface area contributed by atoms with E-state index in [2.05, 4.69) is 4.72 Å². The number of benzene rings is 1. The van der Waals surface area contributed by atoms with Crippen molar-refractivity contribution in [1.82, 2.24) is 4.72 Å². The summed E-state index contributed by atoms with van der Waals surface area (Å²) in [6.45, 7) is 0.203. The fraction of sp³-hybridized carbons (Fsp3) is 0.455. The number of hydrogen-bond acceptors (Lipinski definition) is 5. The highest BCUT2D eigenvalue weighted by molar-refractivity contribution is 7.89. The van der Waals surface area contributed by atoms with E-state index in [1.807, 2.05) is 0 Å². The van der Waals surface area contributed by atoms with Gasteiger partial charge in [0.25, 0.3) is 5.69 Å². The van der Waals surface area contributed by atoms with E-state index in [4.69, 9.17) is 17.3 Å². The van der Waals surface area contributed by atoms with Gasteiger partial charge in [0.05, 0.1) is 9.95 Å². The molecule has 110 valence electrons. The van der Waals surface area contributed by atoms with Crippen molar-refractivity contribution >= 4 is 27.3 Å². The summed E-state index contributed by atoms with van der Waals surface area (Å²) in [4.78, 5) is 9.79. The number of nitrogens with two attached hydrogens (primary N) is 1. The minimum Gasteiger partial charge on any atom is -0.329 e. The number of rotatable bonds is 6. The molecule has 0 spiro atoms. The van der Waals surface area contributed by atoms with Gasteiger partial charge in [0, 0.05) is 24.7 Å². The van der Waals surface area contributed by atoms with Gasteiger partial charge in [0.1, 0.15) is 4.90 Å². The molecule has 0 heterocycles. The highest BCUT2D eigenvalue weighted by atomic mass is 35.5. The topological polar surface area (TPSA) is 115 Å². The lowest BCUT2D eigenvalue weighted by Crippen LogP contribution is -2.41. The lowest BCUT2D eigenvalue weighted by atomic mass is 10.2. The molecule has 7 nitrogen and oxygen atoms in total. The molecular formula is C11H14ClN3O4S. The number of nitrogens with zero attached hydrogens (tertiary/aromatic N) is 1. The van der Waals surface area contributed by atoms with Crippen molar-refractivity contribution in [2.24, 2.45) is 11.7 Å². The molecular weight excluding hydrogens is 306 g/mol. The van der Waals surface area contributed by atoms with E-state index in [9.17, 15) is 18.5 Å². The van der Waals surface area contributed by atoms with Crippen LogP contribution in [0.4, 0.5) is 5.69 Å². The Hall–Kier alpha value is -1.22. The number of hydrogen-bond donors (Lipinski definition) is 2. The van der Waals surface area contributed by atoms with Crippen molar-refractivity contribution in [2.45, 2.75) is 23.8 Å². The Labute approximate surface area is 121 Å². The molecule has 0 aliphatic heterocycles. The van der Waals surface area contributed by atoms with Gasteiger partial charge in [-0.3, -0.25) is 10.1 Å². The fourth-order valence-corrected chi connectivity index (χ4v) is 3.78. The number of nitrogens with one attached hydrogen (secondary N) is 1. The highest BCUT2D eigenvalue weighted by Crippen LogP contribution is 2.33. The van der Waals surface area contributed by atoms with E-state index in [1.165, 1.54) is 0 Å². The smallest absolute Gasteiger partial charge is 0.271 e. The zero-order chi connectivity index (χ0) is 14.9. The van der Waals surface area contributed by atoms with Crippen LogP contribution in [0.2, 0.25) is 5.02 Å². The van der Waals surface area contributed by atoms with Gasteiger partial charge < -0.3 is 5.73 Å². The standard InChI is InChI=1S/C11H14ClN3O4S/c12-9-5-8(15(16)17)3-4-11(9)20(18,19)14-10(6-13)7-1-2-7/h3-5,7,10,14H,1-2,6,13H2. The van der Waals surface area contributed by atoms with Gasteiger partial charge in [0.15, 0.2) is 0 Å². The first-order valence-electron chi connectivity index (χ1n) is 6.01. The summed E-state index contributed by atoms with van der Waals surface area (Å²) in [6, 6.07) is 2.93. The van der Waals surface area contributed by atoms with Crippen molar-refractivity contribution < 1.29 is 13.3 Å². The second kappa shape index (κ2) is 5.65. The zero-order valence-electron chi connectivity index (χ0n) is 10.5. The van der Waals surface area contributed by atoms with E-state index >= 15 is 0 Å². The maximum atomic E-state index is 12.2. The van der Waals surface area contributed by atoms with Gasteiger partial charge in [0.2, 0.25) is 10.0 Å². The maximum Gasteiger partial charge on any atom is 0.271 e. The monoisotopic (exact) mass is 319 g/mol. The predicted molar refractivity (Wildman–Crippen MR) is 74.0 cm³/mol. The Morgan fingerprint density at radius 1 is 1.50 bits per heavy atom. The van der Waals surface area contributed by atoms with E-state index in [0.29, 0.717) is 0 Å². The first-order valence-corrected chi connectivity index (χ1v) is 7.87. The molecule has 0 aromatic heterocycles. The quantitative estimate of drug-likeness (QED) is 0.605. The van der Waals surface area contributed by atoms with Crippen molar-refractivity contribution in [3.8, 4) is 0 Å². The SMILES string of the molecule is NCC(NS(=O)(=O)c1ccc([N+](=O)[O-])cc1Cl)C1CC1. The van der Waals surface area contributed by atoms with E-state index in [0.717, 1.165) is 31.0 Å². The van der Waals surface area contributed by atoms with Gasteiger partial charge in [-0.25, -0.2) is 13.1 Å². The number of nitro groups is 1. The van der Waals surface area contributed by atoms with Crippen LogP contribution in [0.3, 0.4) is 0 Å². The van der Waals surface area contributed by atoms with Crippen molar-refractivity contribution in [3.05, 3.63) is 33.3 Å². The Balaban J connectivity index is 2.27. The summed E-state index contributed by atoms with van der Waals surface area (Å²) in [5, 5.41) is 10.4. The average Bonchev–Trinajstić information content (AvgIpc) is 3.19. The molecule has 1 aliphatic rings. The molecule has 1 unspecified atom stereocenters. The van der Waals surface area contributed by atoms with Gasteiger partial charge in [-0.1, -0.05) is 11.6 Å². The summed E-state index contributed by atoms with van der Waals surface area (Å²) in [5.41, 5.74) is 5.29. The summed E-state index contributed by atoms with van der Waals surface area (Å²) in [6.07, 6.45) is 1.89. The van der Waals surface area contributed by atoms with Crippen LogP contribution in [-0.2, 0) is 10.0 Å². The molecule has 20 heavy (non-hydrogen) atoms. The predicted octanol–water partition coefficient (Wildman–Crippen LogP) is 1.26. The second-order valence-corrected chi connectivity index (χ2v) is 6.76. The van der Waals surface area contributed by atoms with Crippen LogP contribution in [0, 0.1) is 16.0 Å². The van der Waals surface area contributed by atoms with E-state index in [1.54, 1.807) is 0 Å². The van der Waals surface area contributed by atoms with E-state index < -0.39 is 14.9 Å². The van der Waals surface area contributed by atoms with Gasteiger partial charge in [-0.15, -0.1) is 0 Å². The van der Waals surface area contributed by atoms with Gasteiger partial charge in [-0.05, 0) is 24.8 Å². The average molecular weight is 320 g/mol. The lowest BCUT2D eigenvalue weighted by molar-refractivity contribution is -0.384. The summed E-state index contributed by atoms with van der Waals surface area (Å²) in [7, 11) is -3.83. The molecule has 0 radical (unpaired) electrons. The van der Waals surface area contributed by atoms with Crippen LogP contribution >= 0.6 is 11.6 Å². The van der Waals surface area contributed by atoms with Crippen molar-refractivity contribution in [1.29, 1.82) is 0 Å². The fourth-order valence-electron chi connectivity index (χ4n) is 1.92. The van der Waals surface area contributed by atoms with Crippen LogP contribution in [0.25, 0.3) is 0 Å². The normalized spacial score (nSPS) is 16.9. The largest absolute Gasteiger partial charge is 0.329 e. The lowest BCUT2D eigenvalue weighted by Gasteiger charge is -2.16. The Kier molecular flexibility index (Phi) is 4.28. The molecule has 0 bridgehead atoms. The number of sulfonamides is 1. The molecule has 0 amide bonds. The minimum absolute atomic E-state index is 0.177. The van der Waals surface area contributed by atoms with Crippen LogP contribution in [0.5, 0.6) is 0 Å². The van der Waals surface area contributed by atoms with Crippen molar-refractivity contribution in [3.63, 3.8) is 0 Å². The molecule has 1 saturated carbocycles. The Morgan fingerprint density at radius 3 is 2.60 bits per heavy atom. The first-order chi connectivity index (χ1) is 9.35. The number of nitro benzene ring substituents is 1. The molecule has 9 heteroatoms. The van der Waals surface area contributed by atoms with Crippen LogP contribution in [-0.4, -0.2) is 25.9 Å². The summed E-state index contributed by atoms with van der Waals surface area (Å²) in [5.74, 6) is 0.256. The number of halogens is 1. The van der Waals surface area contributed by atoms with Gasteiger partial charge in [-0.2, -0.15) is 0 Å². The maximum absolute atomic E-state index is 12.2. The zero-order valence-corrected chi connectivity index (χ0v) is 12.0. The van der Waals surface area contributed by atoms with Crippen LogP contribution in [0.15, 0.2) is 23.1 Å². The minimum atomic E-state index is -3.83. The third kappa shape index (κ3) is 3.26. The van der Waals surface area contributed by atoms with E-state index in [-0.39, 0.29) is 34.1 Å². The molecule has 3 N–H and O–H groups in total. The summed E-state index contributed by atoms with van der Waals surface area (Å²) >= 11 is 5.82. The molecule has 1 aromatic rings. The highest BCUT2D eigenvalue weighted by Gasteiger charge is 2.34. The molecule has 2 rings (SSSR count). The Morgan fingerprint density at radius 2 is 2.15 bits per heavy atom. The third-order valence-electron chi connectivity index (χ3n) is 3.17. The molecule has 1 aliphatic carbocycles. The molecule has 1 aromatic carbocycles. The molecule has 1 atom stereocenters. The number of non-ortho nitro benzene ring substituents is 1. The first kappa shape index (κ1) is 15.2. The van der Waals surface area contributed by atoms with Crippen LogP contribution < -0.4 is 10.5 Å². The second-order valence-electron chi connectivity index (χ2n) is 4.67. The van der Waals surface area contributed by atoms with Crippen LogP contribution in [0.1, 0.15) is 12.8 Å². The molecule has 0 saturated heterocycles. The third-order valence-corrected chi connectivity index (χ3v) is 5.14. The Bertz CT molecular complexity index is 631.